The SMILES string of the molecule is CN1CCC(C(C)(C)S)C1. The molecule has 0 aromatic carbocycles. The molecule has 1 atom stereocenters. The minimum Gasteiger partial charge on any atom is -0.306 e. The summed E-state index contributed by atoms with van der Waals surface area (Å²) in [6.07, 6.45) is 1.31. The van der Waals surface area contributed by atoms with E-state index in [4.69, 9.17) is 0 Å². The number of likely N-dealkylation sites (tertiary alicyclic amines) is 1. The number of rotatable bonds is 1. The van der Waals surface area contributed by atoms with Gasteiger partial charge >= 0.3 is 0 Å². The van der Waals surface area contributed by atoms with E-state index in [0.29, 0.717) is 0 Å². The van der Waals surface area contributed by atoms with Crippen LogP contribution in [0.1, 0.15) is 20.3 Å². The Bertz CT molecular complexity index is 117. The van der Waals surface area contributed by atoms with Gasteiger partial charge in [0, 0.05) is 11.3 Å². The minimum atomic E-state index is 0.213. The smallest absolute Gasteiger partial charge is 0.0114 e. The Labute approximate surface area is 69.2 Å². The number of hydrogen-bond acceptors (Lipinski definition) is 2. The molecular weight excluding hydrogens is 142 g/mol. The van der Waals surface area contributed by atoms with Crippen LogP contribution in [0.4, 0.5) is 0 Å². The summed E-state index contributed by atoms with van der Waals surface area (Å²) in [7, 11) is 2.18. The second-order valence-electron chi connectivity index (χ2n) is 3.90. The highest BCUT2D eigenvalue weighted by atomic mass is 32.1. The lowest BCUT2D eigenvalue weighted by molar-refractivity contribution is 0.371. The molecule has 0 radical (unpaired) electrons. The highest BCUT2D eigenvalue weighted by Gasteiger charge is 2.30. The standard InChI is InChI=1S/C8H17NS/c1-8(2,10)7-4-5-9(3)6-7/h7,10H,4-6H2,1-3H3. The van der Waals surface area contributed by atoms with E-state index < -0.39 is 0 Å². The Morgan fingerprint density at radius 2 is 2.10 bits per heavy atom. The van der Waals surface area contributed by atoms with Crippen molar-refractivity contribution in [2.45, 2.75) is 25.0 Å². The third-order valence-corrected chi connectivity index (χ3v) is 2.76. The second kappa shape index (κ2) is 2.74. The van der Waals surface area contributed by atoms with Crippen molar-refractivity contribution in [2.24, 2.45) is 5.92 Å². The van der Waals surface area contributed by atoms with E-state index >= 15 is 0 Å². The summed E-state index contributed by atoms with van der Waals surface area (Å²) in [4.78, 5) is 2.38. The quantitative estimate of drug-likeness (QED) is 0.569. The molecule has 0 aromatic rings. The van der Waals surface area contributed by atoms with Gasteiger partial charge in [-0.15, -0.1) is 0 Å². The molecule has 0 spiro atoms. The van der Waals surface area contributed by atoms with Crippen molar-refractivity contribution < 1.29 is 0 Å². The Kier molecular flexibility index (Phi) is 2.31. The maximum atomic E-state index is 4.56. The van der Waals surface area contributed by atoms with Gasteiger partial charge in [-0.1, -0.05) is 13.8 Å². The molecule has 1 heterocycles. The fourth-order valence-electron chi connectivity index (χ4n) is 1.51. The average molecular weight is 159 g/mol. The lowest BCUT2D eigenvalue weighted by Gasteiger charge is -2.25. The van der Waals surface area contributed by atoms with Crippen molar-refractivity contribution in [3.8, 4) is 0 Å². The van der Waals surface area contributed by atoms with E-state index in [1.807, 2.05) is 0 Å². The molecule has 0 amide bonds. The average Bonchev–Trinajstić information content (AvgIpc) is 2.11. The molecular formula is C8H17NS. The van der Waals surface area contributed by atoms with E-state index in [2.05, 4.69) is 38.4 Å². The highest BCUT2D eigenvalue weighted by molar-refractivity contribution is 7.81. The zero-order valence-corrected chi connectivity index (χ0v) is 7.99. The van der Waals surface area contributed by atoms with Crippen LogP contribution in [-0.2, 0) is 0 Å². The highest BCUT2D eigenvalue weighted by Crippen LogP contribution is 2.30. The summed E-state index contributed by atoms with van der Waals surface area (Å²) >= 11 is 4.56. The van der Waals surface area contributed by atoms with Crippen LogP contribution in [-0.4, -0.2) is 29.8 Å². The van der Waals surface area contributed by atoms with Crippen LogP contribution in [0.5, 0.6) is 0 Å². The first-order valence-corrected chi connectivity index (χ1v) is 4.36. The molecule has 1 unspecified atom stereocenters. The molecule has 0 aliphatic carbocycles. The summed E-state index contributed by atoms with van der Waals surface area (Å²) in [6, 6.07) is 0. The van der Waals surface area contributed by atoms with Gasteiger partial charge in [-0.05, 0) is 25.9 Å². The lowest BCUT2D eigenvalue weighted by atomic mass is 9.94. The van der Waals surface area contributed by atoms with Crippen LogP contribution in [0, 0.1) is 5.92 Å². The monoisotopic (exact) mass is 159 g/mol. The molecule has 1 saturated heterocycles. The molecule has 1 aliphatic rings. The molecule has 2 heteroatoms. The lowest BCUT2D eigenvalue weighted by Crippen LogP contribution is -2.27. The summed E-state index contributed by atoms with van der Waals surface area (Å²) in [5.74, 6) is 0.779. The molecule has 60 valence electrons. The van der Waals surface area contributed by atoms with Crippen LogP contribution in [0.25, 0.3) is 0 Å². The number of hydrogen-bond donors (Lipinski definition) is 1. The van der Waals surface area contributed by atoms with Crippen LogP contribution in [0.15, 0.2) is 0 Å². The fourth-order valence-corrected chi connectivity index (χ4v) is 1.72. The maximum Gasteiger partial charge on any atom is 0.0114 e. The topological polar surface area (TPSA) is 3.24 Å². The Hall–Kier alpha value is 0.310. The molecule has 0 saturated carbocycles. The van der Waals surface area contributed by atoms with Crippen molar-refractivity contribution >= 4 is 12.6 Å². The van der Waals surface area contributed by atoms with Gasteiger partial charge < -0.3 is 4.90 Å². The third kappa shape index (κ3) is 1.89. The molecule has 1 nitrogen and oxygen atoms in total. The molecule has 10 heavy (non-hydrogen) atoms. The van der Waals surface area contributed by atoms with Gasteiger partial charge in [0.1, 0.15) is 0 Å². The van der Waals surface area contributed by atoms with Gasteiger partial charge in [-0.25, -0.2) is 0 Å². The van der Waals surface area contributed by atoms with Crippen molar-refractivity contribution in [1.29, 1.82) is 0 Å². The number of nitrogens with zero attached hydrogens (tertiary/aromatic N) is 1. The van der Waals surface area contributed by atoms with Gasteiger partial charge in [0.25, 0.3) is 0 Å². The summed E-state index contributed by atoms with van der Waals surface area (Å²) in [6.45, 7) is 6.88. The molecule has 0 N–H and O–H groups in total. The maximum absolute atomic E-state index is 4.56. The van der Waals surface area contributed by atoms with Gasteiger partial charge in [0.2, 0.25) is 0 Å². The van der Waals surface area contributed by atoms with Crippen LogP contribution in [0.3, 0.4) is 0 Å². The Balaban J connectivity index is 2.45. The van der Waals surface area contributed by atoms with E-state index in [9.17, 15) is 0 Å². The van der Waals surface area contributed by atoms with Gasteiger partial charge in [-0.3, -0.25) is 0 Å². The normalized spacial score (nSPS) is 29.4. The summed E-state index contributed by atoms with van der Waals surface area (Å²) < 4.78 is 0.213. The molecule has 0 aromatic heterocycles. The van der Waals surface area contributed by atoms with E-state index in [-0.39, 0.29) is 4.75 Å². The van der Waals surface area contributed by atoms with Crippen molar-refractivity contribution in [2.75, 3.05) is 20.1 Å². The van der Waals surface area contributed by atoms with E-state index in [1.54, 1.807) is 0 Å². The van der Waals surface area contributed by atoms with Gasteiger partial charge in [0.05, 0.1) is 0 Å². The van der Waals surface area contributed by atoms with Crippen LogP contribution < -0.4 is 0 Å². The zero-order valence-electron chi connectivity index (χ0n) is 7.09. The molecule has 1 aliphatic heterocycles. The van der Waals surface area contributed by atoms with Gasteiger partial charge in [0.15, 0.2) is 0 Å². The zero-order chi connectivity index (χ0) is 7.78. The first kappa shape index (κ1) is 8.41. The second-order valence-corrected chi connectivity index (χ2v) is 5.05. The Morgan fingerprint density at radius 1 is 1.50 bits per heavy atom. The first-order valence-electron chi connectivity index (χ1n) is 3.91. The Morgan fingerprint density at radius 3 is 2.30 bits per heavy atom. The van der Waals surface area contributed by atoms with Crippen molar-refractivity contribution in [1.82, 2.24) is 4.90 Å². The van der Waals surface area contributed by atoms with Gasteiger partial charge in [-0.2, -0.15) is 12.6 Å². The van der Waals surface area contributed by atoms with Crippen molar-refractivity contribution in [3.63, 3.8) is 0 Å². The summed E-state index contributed by atoms with van der Waals surface area (Å²) in [5, 5.41) is 0. The largest absolute Gasteiger partial charge is 0.306 e. The third-order valence-electron chi connectivity index (χ3n) is 2.39. The van der Waals surface area contributed by atoms with E-state index in [0.717, 1.165) is 5.92 Å². The number of thiol groups is 1. The predicted octanol–water partition coefficient (Wildman–Crippen LogP) is 1.65. The van der Waals surface area contributed by atoms with E-state index in [1.165, 1.54) is 19.5 Å². The fraction of sp³-hybridized carbons (Fsp3) is 1.00. The molecule has 0 bridgehead atoms. The van der Waals surface area contributed by atoms with Crippen LogP contribution in [0.2, 0.25) is 0 Å². The summed E-state index contributed by atoms with van der Waals surface area (Å²) in [5.41, 5.74) is 0. The first-order chi connectivity index (χ1) is 4.50. The minimum absolute atomic E-state index is 0.213. The van der Waals surface area contributed by atoms with Crippen LogP contribution >= 0.6 is 12.6 Å². The molecule has 1 rings (SSSR count). The predicted molar refractivity (Wildman–Crippen MR) is 48.7 cm³/mol. The molecule has 1 fully saturated rings. The van der Waals surface area contributed by atoms with Crippen molar-refractivity contribution in [3.05, 3.63) is 0 Å².